The zero-order valence-corrected chi connectivity index (χ0v) is 18.9. The molecule has 0 unspecified atom stereocenters. The Morgan fingerprint density at radius 3 is 2.39 bits per heavy atom. The summed E-state index contributed by atoms with van der Waals surface area (Å²) in [5.41, 5.74) is 1.00. The van der Waals surface area contributed by atoms with Gasteiger partial charge in [0.15, 0.2) is 0 Å². The fourth-order valence-electron chi connectivity index (χ4n) is 2.86. The first-order valence-corrected chi connectivity index (χ1v) is 11.5. The summed E-state index contributed by atoms with van der Waals surface area (Å²) in [7, 11) is -1.07. The van der Waals surface area contributed by atoms with E-state index in [0.717, 1.165) is 12.0 Å². The van der Waals surface area contributed by atoms with E-state index >= 15 is 0 Å². The lowest BCUT2D eigenvalue weighted by atomic mass is 10.2. The standard InChI is InChI=1S/C22H29N3O5S/c1-4-13-23-21(26)12-14-24-22(27)18-10-11-19(30-3)20(15-18)31(28,29)25(2)16-17-8-6-5-7-9-17/h5-11,15H,4,12-14,16H2,1-3H3,(H,23,26)(H,24,27). The molecule has 2 rings (SSSR count). The number of hydrogen-bond donors (Lipinski definition) is 2. The molecule has 9 heteroatoms. The highest BCUT2D eigenvalue weighted by atomic mass is 32.2. The maximum atomic E-state index is 13.2. The molecule has 168 valence electrons. The lowest BCUT2D eigenvalue weighted by molar-refractivity contribution is -0.120. The monoisotopic (exact) mass is 447 g/mol. The smallest absolute Gasteiger partial charge is 0.251 e. The molecule has 0 aliphatic carbocycles. The number of carbonyl (C=O) groups is 2. The average molecular weight is 448 g/mol. The van der Waals surface area contributed by atoms with Crippen molar-refractivity contribution in [3.05, 3.63) is 59.7 Å². The first-order chi connectivity index (χ1) is 14.8. The van der Waals surface area contributed by atoms with Gasteiger partial charge in [-0.2, -0.15) is 4.31 Å². The molecule has 0 atom stereocenters. The minimum Gasteiger partial charge on any atom is -0.495 e. The molecule has 0 aliphatic rings. The molecule has 31 heavy (non-hydrogen) atoms. The summed E-state index contributed by atoms with van der Waals surface area (Å²) in [4.78, 5) is 24.0. The van der Waals surface area contributed by atoms with E-state index in [0.29, 0.717) is 6.54 Å². The number of carbonyl (C=O) groups excluding carboxylic acids is 2. The van der Waals surface area contributed by atoms with Crippen molar-refractivity contribution in [3.8, 4) is 5.75 Å². The van der Waals surface area contributed by atoms with Crippen LogP contribution in [0, 0.1) is 0 Å². The lowest BCUT2D eigenvalue weighted by Crippen LogP contribution is -2.31. The normalized spacial score (nSPS) is 11.2. The number of methoxy groups -OCH3 is 1. The second kappa shape index (κ2) is 11.5. The van der Waals surface area contributed by atoms with Gasteiger partial charge < -0.3 is 15.4 Å². The Morgan fingerprint density at radius 1 is 1.03 bits per heavy atom. The first-order valence-electron chi connectivity index (χ1n) is 10.0. The van der Waals surface area contributed by atoms with Crippen molar-refractivity contribution in [3.63, 3.8) is 0 Å². The second-order valence-corrected chi connectivity index (χ2v) is 8.98. The van der Waals surface area contributed by atoms with Crippen LogP contribution < -0.4 is 15.4 Å². The average Bonchev–Trinajstić information content (AvgIpc) is 2.77. The van der Waals surface area contributed by atoms with Crippen LogP contribution in [0.3, 0.4) is 0 Å². The number of nitrogens with zero attached hydrogens (tertiary/aromatic N) is 1. The van der Waals surface area contributed by atoms with E-state index in [4.69, 9.17) is 4.74 Å². The van der Waals surface area contributed by atoms with E-state index in [9.17, 15) is 18.0 Å². The third-order valence-electron chi connectivity index (χ3n) is 4.57. The van der Waals surface area contributed by atoms with Gasteiger partial charge in [0.1, 0.15) is 10.6 Å². The Bertz CT molecular complexity index is 993. The number of nitrogens with one attached hydrogen (secondary N) is 2. The van der Waals surface area contributed by atoms with Gasteiger partial charge in [0, 0.05) is 38.7 Å². The summed E-state index contributed by atoms with van der Waals surface area (Å²) in [6, 6.07) is 13.4. The van der Waals surface area contributed by atoms with E-state index in [1.165, 1.54) is 36.7 Å². The number of benzene rings is 2. The van der Waals surface area contributed by atoms with Gasteiger partial charge in [0.05, 0.1) is 7.11 Å². The maximum Gasteiger partial charge on any atom is 0.251 e. The van der Waals surface area contributed by atoms with E-state index in [1.807, 2.05) is 37.3 Å². The van der Waals surface area contributed by atoms with Crippen molar-refractivity contribution < 1.29 is 22.7 Å². The summed E-state index contributed by atoms with van der Waals surface area (Å²) in [5, 5.41) is 5.37. The van der Waals surface area contributed by atoms with E-state index in [-0.39, 0.29) is 41.6 Å². The predicted octanol–water partition coefficient (Wildman–Crippen LogP) is 2.16. The minimum absolute atomic E-state index is 0.0956. The fraction of sp³-hybridized carbons (Fsp3) is 0.364. The van der Waals surface area contributed by atoms with Crippen molar-refractivity contribution in [1.29, 1.82) is 0 Å². The maximum absolute atomic E-state index is 13.2. The van der Waals surface area contributed by atoms with Crippen LogP contribution in [-0.4, -0.2) is 51.8 Å². The molecular formula is C22H29N3O5S. The highest BCUT2D eigenvalue weighted by Gasteiger charge is 2.26. The zero-order chi connectivity index (χ0) is 22.9. The third-order valence-corrected chi connectivity index (χ3v) is 6.40. The molecule has 0 bridgehead atoms. The van der Waals surface area contributed by atoms with Crippen LogP contribution in [-0.2, 0) is 21.4 Å². The summed E-state index contributed by atoms with van der Waals surface area (Å²) in [5.74, 6) is -0.466. The van der Waals surface area contributed by atoms with E-state index in [2.05, 4.69) is 10.6 Å². The van der Waals surface area contributed by atoms with E-state index < -0.39 is 15.9 Å². The van der Waals surface area contributed by atoms with Gasteiger partial charge in [-0.15, -0.1) is 0 Å². The third kappa shape index (κ3) is 6.80. The van der Waals surface area contributed by atoms with Gasteiger partial charge in [-0.1, -0.05) is 37.3 Å². The van der Waals surface area contributed by atoms with Crippen LogP contribution in [0.15, 0.2) is 53.4 Å². The van der Waals surface area contributed by atoms with E-state index in [1.54, 1.807) is 0 Å². The van der Waals surface area contributed by atoms with Crippen molar-refractivity contribution in [2.45, 2.75) is 31.2 Å². The quantitative estimate of drug-likeness (QED) is 0.549. The summed E-state index contributed by atoms with van der Waals surface area (Å²) >= 11 is 0. The molecule has 2 amide bonds. The molecule has 2 aromatic carbocycles. The highest BCUT2D eigenvalue weighted by Crippen LogP contribution is 2.28. The fourth-order valence-corrected chi connectivity index (χ4v) is 4.19. The molecule has 2 aromatic rings. The molecule has 8 nitrogen and oxygen atoms in total. The van der Waals surface area contributed by atoms with Gasteiger partial charge in [0.2, 0.25) is 15.9 Å². The minimum atomic E-state index is -3.92. The van der Waals surface area contributed by atoms with Gasteiger partial charge >= 0.3 is 0 Å². The highest BCUT2D eigenvalue weighted by molar-refractivity contribution is 7.89. The zero-order valence-electron chi connectivity index (χ0n) is 18.1. The molecule has 0 heterocycles. The Labute approximate surface area is 183 Å². The van der Waals surface area contributed by atoms with Crippen LogP contribution in [0.1, 0.15) is 35.7 Å². The van der Waals surface area contributed by atoms with Crippen molar-refractivity contribution in [1.82, 2.24) is 14.9 Å². The molecular weight excluding hydrogens is 418 g/mol. The van der Waals surface area contributed by atoms with Crippen LogP contribution >= 0.6 is 0 Å². The van der Waals surface area contributed by atoms with Crippen molar-refractivity contribution >= 4 is 21.8 Å². The van der Waals surface area contributed by atoms with Gasteiger partial charge in [-0.25, -0.2) is 8.42 Å². The molecule has 0 spiro atoms. The Hall–Kier alpha value is -2.91. The van der Waals surface area contributed by atoms with Crippen LogP contribution in [0.2, 0.25) is 0 Å². The number of hydrogen-bond acceptors (Lipinski definition) is 5. The molecule has 0 saturated heterocycles. The number of amides is 2. The molecule has 0 radical (unpaired) electrons. The van der Waals surface area contributed by atoms with Gasteiger partial charge in [-0.05, 0) is 30.2 Å². The Balaban J connectivity index is 2.15. The summed E-state index contributed by atoms with van der Waals surface area (Å²) < 4.78 is 32.7. The first kappa shape index (κ1) is 24.4. The largest absolute Gasteiger partial charge is 0.495 e. The van der Waals surface area contributed by atoms with Crippen molar-refractivity contribution in [2.75, 3.05) is 27.2 Å². The molecule has 0 aromatic heterocycles. The Kier molecular flexibility index (Phi) is 9.02. The summed E-state index contributed by atoms with van der Waals surface area (Å²) in [6.45, 7) is 2.86. The van der Waals surface area contributed by atoms with Crippen LogP contribution in [0.5, 0.6) is 5.75 Å². The number of rotatable bonds is 11. The molecule has 0 aliphatic heterocycles. The van der Waals surface area contributed by atoms with Crippen LogP contribution in [0.4, 0.5) is 0 Å². The topological polar surface area (TPSA) is 105 Å². The Morgan fingerprint density at radius 2 is 1.74 bits per heavy atom. The molecule has 2 N–H and O–H groups in total. The number of sulfonamides is 1. The second-order valence-electron chi connectivity index (χ2n) is 6.97. The van der Waals surface area contributed by atoms with Gasteiger partial charge in [0.25, 0.3) is 5.91 Å². The predicted molar refractivity (Wildman–Crippen MR) is 118 cm³/mol. The number of ether oxygens (including phenoxy) is 1. The van der Waals surface area contributed by atoms with Gasteiger partial charge in [-0.3, -0.25) is 9.59 Å². The van der Waals surface area contributed by atoms with Crippen molar-refractivity contribution in [2.24, 2.45) is 0 Å². The SMILES string of the molecule is CCCNC(=O)CCNC(=O)c1ccc(OC)c(S(=O)(=O)N(C)Cc2ccccc2)c1. The van der Waals surface area contributed by atoms with Crippen LogP contribution in [0.25, 0.3) is 0 Å². The molecule has 0 fully saturated rings. The lowest BCUT2D eigenvalue weighted by Gasteiger charge is -2.19. The summed E-state index contributed by atoms with van der Waals surface area (Å²) in [6.07, 6.45) is 0.979. The molecule has 0 saturated carbocycles.